The summed E-state index contributed by atoms with van der Waals surface area (Å²) in [7, 11) is 0. The minimum Gasteiger partial charge on any atom is -0.342 e. The van der Waals surface area contributed by atoms with Crippen LogP contribution in [-0.4, -0.2) is 51.9 Å². The zero-order chi connectivity index (χ0) is 22.7. The summed E-state index contributed by atoms with van der Waals surface area (Å²) < 4.78 is 0. The summed E-state index contributed by atoms with van der Waals surface area (Å²) in [5, 5.41) is 2.45. The Morgan fingerprint density at radius 3 is 2.64 bits per heavy atom. The van der Waals surface area contributed by atoms with Crippen molar-refractivity contribution in [3.8, 4) is 0 Å². The number of pyridine rings is 1. The first-order valence-electron chi connectivity index (χ1n) is 12.2. The van der Waals surface area contributed by atoms with Crippen LogP contribution in [0.4, 0.5) is 5.95 Å². The van der Waals surface area contributed by atoms with Crippen LogP contribution in [0, 0.1) is 11.3 Å². The fourth-order valence-corrected chi connectivity index (χ4v) is 5.42. The van der Waals surface area contributed by atoms with Crippen molar-refractivity contribution >= 4 is 22.6 Å². The summed E-state index contributed by atoms with van der Waals surface area (Å²) in [4.78, 5) is 30.9. The average Bonchev–Trinajstić information content (AvgIpc) is 3.10. The molecule has 0 N–H and O–H groups in total. The third-order valence-electron chi connectivity index (χ3n) is 7.58. The van der Waals surface area contributed by atoms with Crippen molar-refractivity contribution in [3.05, 3.63) is 60.7 Å². The summed E-state index contributed by atoms with van der Waals surface area (Å²) in [6.07, 6.45) is 13.5. The van der Waals surface area contributed by atoms with Gasteiger partial charge in [-0.25, -0.2) is 9.97 Å². The molecule has 6 nitrogen and oxygen atoms in total. The van der Waals surface area contributed by atoms with Gasteiger partial charge >= 0.3 is 0 Å². The standard InChI is InChI=1S/C27H33N5O/c1-27(9-16-32(17-10-27)26-29-11-3-12-30-26)25(33)31-14-2-4-21(8-15-31)18-22-5-6-23-7-13-28-20-24(23)19-22/h3,5-7,11-13,19-21H,2,4,8-10,14-18H2,1H3/t21-/m0/s1. The molecule has 6 heteroatoms. The largest absolute Gasteiger partial charge is 0.342 e. The maximum absolute atomic E-state index is 13.6. The molecule has 0 saturated carbocycles. The maximum Gasteiger partial charge on any atom is 0.228 e. The first-order chi connectivity index (χ1) is 16.1. The van der Waals surface area contributed by atoms with Crippen molar-refractivity contribution in [1.29, 1.82) is 0 Å². The highest BCUT2D eigenvalue weighted by atomic mass is 16.2. The maximum atomic E-state index is 13.6. The normalized spacial score (nSPS) is 21.1. The van der Waals surface area contributed by atoms with E-state index >= 15 is 0 Å². The van der Waals surface area contributed by atoms with Gasteiger partial charge < -0.3 is 9.80 Å². The van der Waals surface area contributed by atoms with Gasteiger partial charge in [0.05, 0.1) is 0 Å². The van der Waals surface area contributed by atoms with Crippen LogP contribution in [0.3, 0.4) is 0 Å². The van der Waals surface area contributed by atoms with Crippen molar-refractivity contribution in [2.45, 2.75) is 45.4 Å². The Balaban J connectivity index is 1.17. The number of benzene rings is 1. The van der Waals surface area contributed by atoms with Crippen molar-refractivity contribution < 1.29 is 4.79 Å². The number of hydrogen-bond acceptors (Lipinski definition) is 5. The smallest absolute Gasteiger partial charge is 0.228 e. The quantitative estimate of drug-likeness (QED) is 0.594. The minimum atomic E-state index is -0.281. The third-order valence-corrected chi connectivity index (χ3v) is 7.58. The van der Waals surface area contributed by atoms with E-state index in [4.69, 9.17) is 0 Å². The fraction of sp³-hybridized carbons (Fsp3) is 0.481. The lowest BCUT2D eigenvalue weighted by Crippen LogP contribution is -2.49. The Hall–Kier alpha value is -3.02. The molecule has 0 radical (unpaired) electrons. The lowest BCUT2D eigenvalue weighted by atomic mass is 9.79. The van der Waals surface area contributed by atoms with E-state index in [1.54, 1.807) is 12.4 Å². The van der Waals surface area contributed by atoms with Gasteiger partial charge in [0.1, 0.15) is 0 Å². The molecule has 4 heterocycles. The van der Waals surface area contributed by atoms with Crippen molar-refractivity contribution in [1.82, 2.24) is 19.9 Å². The monoisotopic (exact) mass is 443 g/mol. The van der Waals surface area contributed by atoms with Gasteiger partial charge in [0, 0.05) is 61.8 Å². The Morgan fingerprint density at radius 1 is 1.00 bits per heavy atom. The molecule has 2 aromatic heterocycles. The summed E-state index contributed by atoms with van der Waals surface area (Å²) in [5.74, 6) is 1.74. The van der Waals surface area contributed by atoms with E-state index in [1.165, 1.54) is 22.8 Å². The average molecular weight is 444 g/mol. The predicted molar refractivity (Wildman–Crippen MR) is 131 cm³/mol. The van der Waals surface area contributed by atoms with Crippen LogP contribution in [0.25, 0.3) is 10.8 Å². The van der Waals surface area contributed by atoms with Crippen LogP contribution < -0.4 is 4.90 Å². The predicted octanol–water partition coefficient (Wildman–Crippen LogP) is 4.50. The third kappa shape index (κ3) is 4.85. The van der Waals surface area contributed by atoms with Crippen molar-refractivity contribution in [2.24, 2.45) is 11.3 Å². The summed E-state index contributed by atoms with van der Waals surface area (Å²) >= 11 is 0. The molecule has 0 unspecified atom stereocenters. The molecule has 0 bridgehead atoms. The van der Waals surface area contributed by atoms with Crippen LogP contribution >= 0.6 is 0 Å². The molecule has 0 aliphatic carbocycles. The Labute approximate surface area is 196 Å². The first kappa shape index (κ1) is 21.8. The number of anilines is 1. The fourth-order valence-electron chi connectivity index (χ4n) is 5.42. The van der Waals surface area contributed by atoms with Crippen LogP contribution in [0.2, 0.25) is 0 Å². The second-order valence-electron chi connectivity index (χ2n) is 9.95. The van der Waals surface area contributed by atoms with E-state index in [1.807, 2.05) is 18.5 Å². The highest BCUT2D eigenvalue weighted by Crippen LogP contribution is 2.35. The van der Waals surface area contributed by atoms with Crippen LogP contribution in [0.5, 0.6) is 0 Å². The molecule has 33 heavy (non-hydrogen) atoms. The first-order valence-corrected chi connectivity index (χ1v) is 12.2. The number of carbonyl (C=O) groups excluding carboxylic acids is 1. The van der Waals surface area contributed by atoms with E-state index in [0.717, 1.165) is 64.2 Å². The number of carbonyl (C=O) groups is 1. The second-order valence-corrected chi connectivity index (χ2v) is 9.95. The molecule has 1 aromatic carbocycles. The molecule has 2 fully saturated rings. The minimum absolute atomic E-state index is 0.281. The van der Waals surface area contributed by atoms with Gasteiger partial charge in [0.2, 0.25) is 11.9 Å². The van der Waals surface area contributed by atoms with Gasteiger partial charge in [0.15, 0.2) is 0 Å². The van der Waals surface area contributed by atoms with Crippen LogP contribution in [0.1, 0.15) is 44.6 Å². The topological polar surface area (TPSA) is 62.2 Å². The zero-order valence-electron chi connectivity index (χ0n) is 19.5. The van der Waals surface area contributed by atoms with E-state index in [2.05, 4.69) is 55.9 Å². The number of fused-ring (bicyclic) bond motifs is 1. The molecular formula is C27H33N5O. The molecule has 0 spiro atoms. The van der Waals surface area contributed by atoms with E-state index in [-0.39, 0.29) is 5.41 Å². The number of piperidine rings is 1. The van der Waals surface area contributed by atoms with Gasteiger partial charge in [-0.15, -0.1) is 0 Å². The second kappa shape index (κ2) is 9.46. The van der Waals surface area contributed by atoms with Gasteiger partial charge in [0.25, 0.3) is 0 Å². The zero-order valence-corrected chi connectivity index (χ0v) is 19.5. The van der Waals surface area contributed by atoms with E-state index in [0.29, 0.717) is 11.8 Å². The molecule has 172 valence electrons. The summed E-state index contributed by atoms with van der Waals surface area (Å²) in [5.41, 5.74) is 1.10. The van der Waals surface area contributed by atoms with Crippen molar-refractivity contribution in [3.63, 3.8) is 0 Å². The van der Waals surface area contributed by atoms with Gasteiger partial charge in [-0.3, -0.25) is 9.78 Å². The van der Waals surface area contributed by atoms with Crippen LogP contribution in [-0.2, 0) is 11.2 Å². The Kier molecular flexibility index (Phi) is 6.25. The molecule has 3 aromatic rings. The molecule has 1 atom stereocenters. The number of aromatic nitrogens is 3. The van der Waals surface area contributed by atoms with E-state index in [9.17, 15) is 4.79 Å². The highest BCUT2D eigenvalue weighted by molar-refractivity contribution is 5.83. The van der Waals surface area contributed by atoms with Crippen LogP contribution in [0.15, 0.2) is 55.1 Å². The SMILES string of the molecule is CC1(C(=O)N2CCC[C@H](Cc3ccc4ccncc4c3)CC2)CCN(c2ncccn2)CC1. The highest BCUT2D eigenvalue weighted by Gasteiger charge is 2.40. The number of rotatable bonds is 4. The van der Waals surface area contributed by atoms with E-state index < -0.39 is 0 Å². The molecule has 2 aliphatic rings. The molecular weight excluding hydrogens is 410 g/mol. The summed E-state index contributed by atoms with van der Waals surface area (Å²) in [6, 6.07) is 10.6. The number of nitrogens with zero attached hydrogens (tertiary/aromatic N) is 5. The number of hydrogen-bond donors (Lipinski definition) is 0. The van der Waals surface area contributed by atoms with Gasteiger partial charge in [-0.1, -0.05) is 19.1 Å². The summed E-state index contributed by atoms with van der Waals surface area (Å²) in [6.45, 7) is 5.58. The van der Waals surface area contributed by atoms with Crippen molar-refractivity contribution in [2.75, 3.05) is 31.1 Å². The Bertz CT molecular complexity index is 1090. The lowest BCUT2D eigenvalue weighted by molar-refractivity contribution is -0.142. The van der Waals surface area contributed by atoms with Gasteiger partial charge in [-0.05, 0) is 73.6 Å². The molecule has 2 aliphatic heterocycles. The Morgan fingerprint density at radius 2 is 1.82 bits per heavy atom. The molecule has 5 rings (SSSR count). The van der Waals surface area contributed by atoms with Gasteiger partial charge in [-0.2, -0.15) is 0 Å². The number of amides is 1. The number of likely N-dealkylation sites (tertiary alicyclic amines) is 1. The lowest BCUT2D eigenvalue weighted by Gasteiger charge is -2.41. The molecule has 1 amide bonds. The molecule has 2 saturated heterocycles.